The van der Waals surface area contributed by atoms with E-state index in [0.717, 1.165) is 0 Å². The smallest absolute Gasteiger partial charge is 0.265 e. The topological polar surface area (TPSA) is 55.0 Å². The Morgan fingerprint density at radius 3 is 2.79 bits per heavy atom. The van der Waals surface area contributed by atoms with E-state index in [1.165, 1.54) is 6.20 Å². The Labute approximate surface area is 90.8 Å². The van der Waals surface area contributed by atoms with E-state index in [4.69, 9.17) is 4.74 Å². The van der Waals surface area contributed by atoms with Crippen molar-refractivity contribution in [1.82, 2.24) is 9.97 Å². The maximum atomic E-state index is 11.3. The van der Waals surface area contributed by atoms with Gasteiger partial charge in [0.25, 0.3) is 5.56 Å². The van der Waals surface area contributed by atoms with Gasteiger partial charge < -0.3 is 9.72 Å². The number of aromatic nitrogens is 2. The molecular weight excluding hydrogens is 248 g/mol. The van der Waals surface area contributed by atoms with Gasteiger partial charge in [0, 0.05) is 18.7 Å². The van der Waals surface area contributed by atoms with Gasteiger partial charge in [0.2, 0.25) is 0 Å². The first-order valence-electron chi connectivity index (χ1n) is 4.21. The minimum absolute atomic E-state index is 0.167. The van der Waals surface area contributed by atoms with Crippen molar-refractivity contribution >= 4 is 15.9 Å². The van der Waals surface area contributed by atoms with E-state index in [1.807, 2.05) is 13.8 Å². The molecule has 0 bridgehead atoms. The van der Waals surface area contributed by atoms with E-state index in [-0.39, 0.29) is 11.0 Å². The molecule has 0 radical (unpaired) electrons. The van der Waals surface area contributed by atoms with Crippen molar-refractivity contribution in [2.24, 2.45) is 0 Å². The molecule has 0 aliphatic rings. The van der Waals surface area contributed by atoms with Crippen LogP contribution in [0.3, 0.4) is 0 Å². The Hall–Kier alpha value is -0.680. The number of hydrogen-bond donors (Lipinski definition) is 1. The van der Waals surface area contributed by atoms with Crippen LogP contribution in [0.5, 0.6) is 0 Å². The third kappa shape index (κ3) is 2.42. The van der Waals surface area contributed by atoms with Crippen molar-refractivity contribution in [1.29, 1.82) is 0 Å². The molecule has 0 atom stereocenters. The highest BCUT2D eigenvalue weighted by Crippen LogP contribution is 2.18. The van der Waals surface area contributed by atoms with E-state index in [2.05, 4.69) is 25.9 Å². The third-order valence-electron chi connectivity index (χ3n) is 1.90. The Balaban J connectivity index is 3.07. The summed E-state index contributed by atoms with van der Waals surface area (Å²) in [6, 6.07) is 0. The molecule has 0 unspecified atom stereocenters. The predicted molar refractivity (Wildman–Crippen MR) is 57.5 cm³/mol. The molecule has 4 nitrogen and oxygen atoms in total. The van der Waals surface area contributed by atoms with Gasteiger partial charge in [-0.15, -0.1) is 0 Å². The van der Waals surface area contributed by atoms with Gasteiger partial charge in [-0.3, -0.25) is 4.79 Å². The second-order valence-electron chi connectivity index (χ2n) is 3.73. The zero-order valence-electron chi connectivity index (χ0n) is 8.43. The number of rotatable bonds is 3. The average Bonchev–Trinajstić information content (AvgIpc) is 2.09. The lowest BCUT2D eigenvalue weighted by Crippen LogP contribution is -2.29. The summed E-state index contributed by atoms with van der Waals surface area (Å²) < 4.78 is 5.50. The van der Waals surface area contributed by atoms with Crippen LogP contribution in [0.15, 0.2) is 15.5 Å². The van der Waals surface area contributed by atoms with Crippen LogP contribution < -0.4 is 5.56 Å². The molecule has 78 valence electrons. The number of nitrogens with one attached hydrogen (secondary N) is 1. The fourth-order valence-corrected chi connectivity index (χ4v) is 1.35. The van der Waals surface area contributed by atoms with E-state index in [9.17, 15) is 4.79 Å². The molecule has 0 saturated heterocycles. The lowest BCUT2D eigenvalue weighted by molar-refractivity contribution is 0.142. The van der Waals surface area contributed by atoms with Crippen molar-refractivity contribution in [3.63, 3.8) is 0 Å². The highest BCUT2D eigenvalue weighted by Gasteiger charge is 2.23. The van der Waals surface area contributed by atoms with Gasteiger partial charge in [-0.1, -0.05) is 13.8 Å². The van der Waals surface area contributed by atoms with Crippen LogP contribution in [-0.4, -0.2) is 23.7 Å². The minimum atomic E-state index is -0.283. The second kappa shape index (κ2) is 4.23. The lowest BCUT2D eigenvalue weighted by atomic mass is 9.94. The summed E-state index contributed by atoms with van der Waals surface area (Å²) in [6.45, 7) is 4.43. The lowest BCUT2D eigenvalue weighted by Gasteiger charge is -2.21. The first kappa shape index (κ1) is 11.4. The van der Waals surface area contributed by atoms with Crippen LogP contribution in [-0.2, 0) is 10.2 Å². The molecule has 0 aliphatic heterocycles. The molecule has 0 spiro atoms. The summed E-state index contributed by atoms with van der Waals surface area (Å²) >= 11 is 3.10. The Morgan fingerprint density at radius 1 is 1.64 bits per heavy atom. The van der Waals surface area contributed by atoms with E-state index < -0.39 is 0 Å². The summed E-state index contributed by atoms with van der Waals surface area (Å²) in [5.41, 5.74) is -0.451. The van der Waals surface area contributed by atoms with Gasteiger partial charge in [0.15, 0.2) is 0 Å². The molecule has 0 amide bonds. The molecule has 0 fully saturated rings. The summed E-state index contributed by atoms with van der Waals surface area (Å²) in [5, 5.41) is 0. The molecule has 0 saturated carbocycles. The van der Waals surface area contributed by atoms with E-state index in [0.29, 0.717) is 16.9 Å². The fraction of sp³-hybridized carbons (Fsp3) is 0.556. The predicted octanol–water partition coefficient (Wildman–Crippen LogP) is 1.46. The summed E-state index contributed by atoms with van der Waals surface area (Å²) in [4.78, 5) is 18.2. The number of ether oxygens (including phenoxy) is 1. The number of nitrogens with zero attached hydrogens (tertiary/aromatic N) is 1. The van der Waals surface area contributed by atoms with Crippen molar-refractivity contribution in [3.05, 3.63) is 26.8 Å². The van der Waals surface area contributed by atoms with Gasteiger partial charge in [0.1, 0.15) is 10.3 Å². The van der Waals surface area contributed by atoms with E-state index in [1.54, 1.807) is 7.11 Å². The fourth-order valence-electron chi connectivity index (χ4n) is 1.15. The molecule has 1 aromatic rings. The maximum Gasteiger partial charge on any atom is 0.265 e. The first-order valence-corrected chi connectivity index (χ1v) is 5.01. The van der Waals surface area contributed by atoms with Gasteiger partial charge in [-0.05, 0) is 15.9 Å². The highest BCUT2D eigenvalue weighted by molar-refractivity contribution is 9.10. The largest absolute Gasteiger partial charge is 0.384 e. The van der Waals surface area contributed by atoms with Crippen molar-refractivity contribution in [2.75, 3.05) is 13.7 Å². The second-order valence-corrected chi connectivity index (χ2v) is 4.58. The number of aromatic amines is 1. The monoisotopic (exact) mass is 260 g/mol. The van der Waals surface area contributed by atoms with Crippen molar-refractivity contribution in [3.8, 4) is 0 Å². The van der Waals surface area contributed by atoms with Crippen molar-refractivity contribution < 1.29 is 4.74 Å². The Kier molecular flexibility index (Phi) is 3.44. The Bertz CT molecular complexity index is 373. The normalized spacial score (nSPS) is 11.7. The summed E-state index contributed by atoms with van der Waals surface area (Å²) in [7, 11) is 1.62. The van der Waals surface area contributed by atoms with Crippen LogP contribution in [0.4, 0.5) is 0 Å². The van der Waals surface area contributed by atoms with Gasteiger partial charge in [0.05, 0.1) is 6.61 Å². The summed E-state index contributed by atoms with van der Waals surface area (Å²) in [6.07, 6.45) is 1.51. The molecular formula is C9H13BrN2O2. The number of methoxy groups -OCH3 is 1. The third-order valence-corrected chi connectivity index (χ3v) is 2.47. The number of H-pyrrole nitrogens is 1. The maximum absolute atomic E-state index is 11.3. The standard InChI is InChI=1S/C9H13BrN2O2/c1-9(2,5-14-3)8-11-4-6(10)7(13)12-8/h4H,5H2,1-3H3,(H,11,12,13). The SMILES string of the molecule is COCC(C)(C)c1ncc(Br)c(=O)[nH]1. The molecule has 1 aromatic heterocycles. The molecule has 1 N–H and O–H groups in total. The zero-order chi connectivity index (χ0) is 10.8. The van der Waals surface area contributed by atoms with Gasteiger partial charge >= 0.3 is 0 Å². The molecule has 0 aliphatic carbocycles. The number of halogens is 1. The highest BCUT2D eigenvalue weighted by atomic mass is 79.9. The van der Waals surface area contributed by atoms with Crippen LogP contribution in [0.25, 0.3) is 0 Å². The minimum Gasteiger partial charge on any atom is -0.384 e. The zero-order valence-corrected chi connectivity index (χ0v) is 10.0. The van der Waals surface area contributed by atoms with Crippen LogP contribution in [0.2, 0.25) is 0 Å². The quantitative estimate of drug-likeness (QED) is 0.896. The van der Waals surface area contributed by atoms with Crippen LogP contribution >= 0.6 is 15.9 Å². The molecule has 1 heterocycles. The average molecular weight is 261 g/mol. The molecule has 0 aromatic carbocycles. The van der Waals surface area contributed by atoms with Gasteiger partial charge in [-0.2, -0.15) is 0 Å². The van der Waals surface area contributed by atoms with E-state index >= 15 is 0 Å². The Morgan fingerprint density at radius 2 is 2.29 bits per heavy atom. The molecule has 5 heteroatoms. The number of hydrogen-bond acceptors (Lipinski definition) is 3. The van der Waals surface area contributed by atoms with Crippen LogP contribution in [0.1, 0.15) is 19.7 Å². The van der Waals surface area contributed by atoms with Crippen molar-refractivity contribution in [2.45, 2.75) is 19.3 Å². The molecule has 14 heavy (non-hydrogen) atoms. The van der Waals surface area contributed by atoms with Crippen LogP contribution in [0, 0.1) is 0 Å². The van der Waals surface area contributed by atoms with Gasteiger partial charge in [-0.25, -0.2) is 4.98 Å². The molecule has 1 rings (SSSR count). The summed E-state index contributed by atoms with van der Waals surface area (Å²) in [5.74, 6) is 0.632. The first-order chi connectivity index (χ1) is 6.47.